The molecular weight excluding hydrogens is 455 g/mol. The predicted molar refractivity (Wildman–Crippen MR) is 112 cm³/mol. The number of carboxylic acid groups (broad SMARTS) is 1. The van der Waals surface area contributed by atoms with Gasteiger partial charge in [-0.2, -0.15) is 18.4 Å². The molecule has 1 amide bonds. The average Bonchev–Trinajstić information content (AvgIpc) is 3.19. The number of ether oxygens (including phenoxy) is 1. The molecule has 4 rings (SSSR count). The van der Waals surface area contributed by atoms with Crippen molar-refractivity contribution in [1.82, 2.24) is 29.9 Å². The summed E-state index contributed by atoms with van der Waals surface area (Å²) in [6.45, 7) is 0.820. The van der Waals surface area contributed by atoms with Crippen LogP contribution in [-0.2, 0) is 13.2 Å². The van der Waals surface area contributed by atoms with Gasteiger partial charge in [-0.3, -0.25) is 0 Å². The van der Waals surface area contributed by atoms with E-state index in [4.69, 9.17) is 9.84 Å². The third kappa shape index (κ3) is 4.70. The summed E-state index contributed by atoms with van der Waals surface area (Å²) in [5.41, 5.74) is -0.196. The second kappa shape index (κ2) is 9.12. The number of hydrogen-bond acceptors (Lipinski definition) is 7. The molecule has 3 aromatic heterocycles. The number of likely N-dealkylation sites (tertiary alicyclic amines) is 1. The van der Waals surface area contributed by atoms with Crippen LogP contribution in [0.4, 0.5) is 18.0 Å². The second-order valence-electron chi connectivity index (χ2n) is 7.97. The Labute approximate surface area is 191 Å². The van der Waals surface area contributed by atoms with E-state index in [0.29, 0.717) is 37.9 Å². The van der Waals surface area contributed by atoms with Crippen LogP contribution in [0.3, 0.4) is 0 Å². The van der Waals surface area contributed by atoms with Crippen molar-refractivity contribution in [2.75, 3.05) is 19.7 Å². The summed E-state index contributed by atoms with van der Waals surface area (Å²) in [7, 11) is 1.60. The Hall–Kier alpha value is -3.95. The van der Waals surface area contributed by atoms with Crippen molar-refractivity contribution in [1.29, 1.82) is 5.26 Å². The SMILES string of the molecule is Cn1nnc2c(C#N)nc(-c3cnc(OCCC4CCN(C(=O)O)CC4)c(C(F)(F)F)c3)cc21. The van der Waals surface area contributed by atoms with Crippen LogP contribution in [0, 0.1) is 17.2 Å². The average molecular weight is 475 g/mol. The Kier molecular flexibility index (Phi) is 6.23. The minimum Gasteiger partial charge on any atom is -0.477 e. The standard InChI is InChI=1S/C21H20F3N7O3/c1-30-17-9-15(27-16(10-25)18(17)28-29-30)13-8-14(21(22,23)24)19(26-11-13)34-7-4-12-2-5-31(6-3-12)20(32)33/h8-9,11-12H,2-7H2,1H3,(H,32,33). The summed E-state index contributed by atoms with van der Waals surface area (Å²) in [4.78, 5) is 20.3. The van der Waals surface area contributed by atoms with E-state index in [0.717, 1.165) is 6.07 Å². The number of carbonyl (C=O) groups is 1. The van der Waals surface area contributed by atoms with Gasteiger partial charge < -0.3 is 14.7 Å². The number of pyridine rings is 2. The number of halogens is 3. The molecule has 0 saturated carbocycles. The van der Waals surface area contributed by atoms with Crippen LogP contribution < -0.4 is 4.74 Å². The molecule has 0 spiro atoms. The summed E-state index contributed by atoms with van der Waals surface area (Å²) in [5.74, 6) is -0.375. The Morgan fingerprint density at radius 3 is 2.71 bits per heavy atom. The number of rotatable bonds is 5. The van der Waals surface area contributed by atoms with Gasteiger partial charge >= 0.3 is 12.3 Å². The van der Waals surface area contributed by atoms with E-state index in [9.17, 15) is 23.2 Å². The first kappa shape index (κ1) is 23.2. The largest absolute Gasteiger partial charge is 0.477 e. The minimum absolute atomic E-state index is 0.0244. The van der Waals surface area contributed by atoms with Gasteiger partial charge in [0, 0.05) is 31.9 Å². The predicted octanol–water partition coefficient (Wildman–Crippen LogP) is 3.47. The molecule has 0 bridgehead atoms. The molecule has 178 valence electrons. The fourth-order valence-corrected chi connectivity index (χ4v) is 3.90. The Bertz CT molecular complexity index is 1260. The molecule has 0 unspecified atom stereocenters. The van der Waals surface area contributed by atoms with Gasteiger partial charge in [0.2, 0.25) is 5.88 Å². The Morgan fingerprint density at radius 1 is 1.32 bits per heavy atom. The molecule has 34 heavy (non-hydrogen) atoms. The third-order valence-electron chi connectivity index (χ3n) is 5.81. The van der Waals surface area contributed by atoms with E-state index in [1.54, 1.807) is 7.05 Å². The Morgan fingerprint density at radius 2 is 2.06 bits per heavy atom. The summed E-state index contributed by atoms with van der Waals surface area (Å²) < 4.78 is 48.1. The first-order valence-corrected chi connectivity index (χ1v) is 10.5. The maximum absolute atomic E-state index is 13.8. The highest BCUT2D eigenvalue weighted by Crippen LogP contribution is 2.37. The van der Waals surface area contributed by atoms with Crippen LogP contribution in [0.5, 0.6) is 5.88 Å². The quantitative estimate of drug-likeness (QED) is 0.594. The number of fused-ring (bicyclic) bond motifs is 1. The van der Waals surface area contributed by atoms with Crippen molar-refractivity contribution in [2.24, 2.45) is 13.0 Å². The van der Waals surface area contributed by atoms with E-state index in [-0.39, 0.29) is 35.0 Å². The fourth-order valence-electron chi connectivity index (χ4n) is 3.90. The van der Waals surface area contributed by atoms with Crippen LogP contribution >= 0.6 is 0 Å². The molecule has 1 N–H and O–H groups in total. The normalized spacial score (nSPS) is 14.9. The lowest BCUT2D eigenvalue weighted by Gasteiger charge is -2.29. The zero-order valence-corrected chi connectivity index (χ0v) is 18.1. The second-order valence-corrected chi connectivity index (χ2v) is 7.97. The molecule has 10 nitrogen and oxygen atoms in total. The number of piperidine rings is 1. The maximum Gasteiger partial charge on any atom is 0.421 e. The van der Waals surface area contributed by atoms with Crippen molar-refractivity contribution in [3.63, 3.8) is 0 Å². The van der Waals surface area contributed by atoms with E-state index in [2.05, 4.69) is 20.3 Å². The molecule has 4 heterocycles. The smallest absolute Gasteiger partial charge is 0.421 e. The fraction of sp³-hybridized carbons (Fsp3) is 0.429. The van der Waals surface area contributed by atoms with Crippen molar-refractivity contribution in [3.05, 3.63) is 29.6 Å². The molecule has 13 heteroatoms. The molecular formula is C21H20F3N7O3. The summed E-state index contributed by atoms with van der Waals surface area (Å²) >= 11 is 0. The number of nitrogens with zero attached hydrogens (tertiary/aromatic N) is 7. The van der Waals surface area contributed by atoms with Crippen molar-refractivity contribution in [2.45, 2.75) is 25.4 Å². The summed E-state index contributed by atoms with van der Waals surface area (Å²) in [6.07, 6.45) is -2.72. The van der Waals surface area contributed by atoms with Gasteiger partial charge in [0.25, 0.3) is 0 Å². The van der Waals surface area contributed by atoms with Crippen LogP contribution in [-0.4, -0.2) is 60.8 Å². The molecule has 1 saturated heterocycles. The monoisotopic (exact) mass is 475 g/mol. The molecule has 0 aromatic carbocycles. The summed E-state index contributed by atoms with van der Waals surface area (Å²) in [6, 6.07) is 4.28. The number of hydrogen-bond donors (Lipinski definition) is 1. The van der Waals surface area contributed by atoms with Crippen LogP contribution in [0.1, 0.15) is 30.5 Å². The topological polar surface area (TPSA) is 130 Å². The highest BCUT2D eigenvalue weighted by molar-refractivity contribution is 5.83. The van der Waals surface area contributed by atoms with Gasteiger partial charge in [-0.25, -0.2) is 19.4 Å². The van der Waals surface area contributed by atoms with E-state index in [1.165, 1.54) is 21.8 Å². The molecule has 1 aliphatic heterocycles. The van der Waals surface area contributed by atoms with Crippen LogP contribution in [0.2, 0.25) is 0 Å². The van der Waals surface area contributed by atoms with Crippen molar-refractivity contribution >= 4 is 17.1 Å². The van der Waals surface area contributed by atoms with Gasteiger partial charge in [-0.15, -0.1) is 5.10 Å². The lowest BCUT2D eigenvalue weighted by molar-refractivity contribution is -0.139. The number of aromatic nitrogens is 5. The molecule has 3 aromatic rings. The first-order valence-electron chi connectivity index (χ1n) is 10.5. The highest BCUT2D eigenvalue weighted by Gasteiger charge is 2.36. The van der Waals surface area contributed by atoms with E-state index >= 15 is 0 Å². The van der Waals surface area contributed by atoms with E-state index < -0.39 is 23.7 Å². The molecule has 1 aliphatic rings. The van der Waals surface area contributed by atoms with Gasteiger partial charge in [0.15, 0.2) is 5.69 Å². The van der Waals surface area contributed by atoms with Crippen LogP contribution in [0.15, 0.2) is 18.3 Å². The van der Waals surface area contributed by atoms with Crippen molar-refractivity contribution in [3.8, 4) is 23.2 Å². The Balaban J connectivity index is 1.54. The lowest BCUT2D eigenvalue weighted by atomic mass is 9.94. The molecule has 0 radical (unpaired) electrons. The zero-order chi connectivity index (χ0) is 24.5. The third-order valence-corrected chi connectivity index (χ3v) is 5.81. The number of amides is 1. The van der Waals surface area contributed by atoms with Gasteiger partial charge in [-0.1, -0.05) is 5.21 Å². The maximum atomic E-state index is 13.8. The van der Waals surface area contributed by atoms with Gasteiger partial charge in [0.05, 0.1) is 17.8 Å². The minimum atomic E-state index is -4.72. The zero-order valence-electron chi connectivity index (χ0n) is 18.1. The number of alkyl halides is 3. The van der Waals surface area contributed by atoms with Crippen molar-refractivity contribution < 1.29 is 27.8 Å². The molecule has 0 atom stereocenters. The van der Waals surface area contributed by atoms with Crippen LogP contribution in [0.25, 0.3) is 22.3 Å². The molecule has 0 aliphatic carbocycles. The summed E-state index contributed by atoms with van der Waals surface area (Å²) in [5, 5.41) is 26.0. The van der Waals surface area contributed by atoms with Gasteiger partial charge in [0.1, 0.15) is 17.1 Å². The molecule has 1 fully saturated rings. The van der Waals surface area contributed by atoms with Gasteiger partial charge in [-0.05, 0) is 37.3 Å². The lowest BCUT2D eigenvalue weighted by Crippen LogP contribution is -2.37. The highest BCUT2D eigenvalue weighted by atomic mass is 19.4. The number of nitriles is 1. The number of aryl methyl sites for hydroxylation is 1. The first-order chi connectivity index (χ1) is 16.2. The van der Waals surface area contributed by atoms with E-state index in [1.807, 2.05) is 6.07 Å².